The smallest absolute Gasteiger partial charge is 0.0681 e. The highest BCUT2D eigenvalue weighted by Gasteiger charge is 1.97. The predicted octanol–water partition coefficient (Wildman–Crippen LogP) is 2.97. The molecular formula is C15H15O. The Balaban J connectivity index is 1.99. The van der Waals surface area contributed by atoms with Crippen LogP contribution in [0.15, 0.2) is 54.6 Å². The van der Waals surface area contributed by atoms with E-state index in [1.807, 2.05) is 36.4 Å². The highest BCUT2D eigenvalue weighted by atomic mass is 16.3. The second-order valence-corrected chi connectivity index (χ2v) is 3.80. The Hall–Kier alpha value is -1.60. The van der Waals surface area contributed by atoms with Crippen molar-refractivity contribution in [1.29, 1.82) is 0 Å². The summed E-state index contributed by atoms with van der Waals surface area (Å²) in [4.78, 5) is 0. The molecule has 0 saturated heterocycles. The highest BCUT2D eigenvalue weighted by Crippen LogP contribution is 2.11. The van der Waals surface area contributed by atoms with Crippen LogP contribution in [0, 0.1) is 6.42 Å². The fraction of sp³-hybridized carbons (Fsp3) is 0.133. The molecule has 2 aromatic rings. The normalized spacial score (nSPS) is 10.3. The van der Waals surface area contributed by atoms with Gasteiger partial charge in [-0.15, -0.1) is 0 Å². The molecule has 0 aliphatic rings. The van der Waals surface area contributed by atoms with Gasteiger partial charge in [0.15, 0.2) is 0 Å². The molecule has 0 amide bonds. The topological polar surface area (TPSA) is 20.2 Å². The van der Waals surface area contributed by atoms with Gasteiger partial charge in [0.05, 0.1) is 6.61 Å². The van der Waals surface area contributed by atoms with Crippen molar-refractivity contribution in [2.24, 2.45) is 0 Å². The summed E-state index contributed by atoms with van der Waals surface area (Å²) >= 11 is 0. The minimum Gasteiger partial charge on any atom is -0.392 e. The van der Waals surface area contributed by atoms with Crippen molar-refractivity contribution >= 4 is 0 Å². The number of hydrogen-bond donors (Lipinski definition) is 1. The van der Waals surface area contributed by atoms with Crippen molar-refractivity contribution in [3.8, 4) is 0 Å². The monoisotopic (exact) mass is 211 g/mol. The summed E-state index contributed by atoms with van der Waals surface area (Å²) < 4.78 is 0. The molecule has 81 valence electrons. The highest BCUT2D eigenvalue weighted by molar-refractivity contribution is 5.29. The lowest BCUT2D eigenvalue weighted by Crippen LogP contribution is -1.90. The molecule has 1 N–H and O–H groups in total. The summed E-state index contributed by atoms with van der Waals surface area (Å²) in [5.41, 5.74) is 3.44. The molecule has 0 aliphatic heterocycles. The number of benzene rings is 2. The molecular weight excluding hydrogens is 196 g/mol. The Kier molecular flexibility index (Phi) is 3.73. The van der Waals surface area contributed by atoms with Crippen LogP contribution >= 0.6 is 0 Å². The molecule has 0 unspecified atom stereocenters. The molecule has 0 aliphatic carbocycles. The molecule has 2 rings (SSSR count). The van der Waals surface area contributed by atoms with Crippen molar-refractivity contribution in [2.75, 3.05) is 0 Å². The van der Waals surface area contributed by atoms with E-state index in [1.54, 1.807) is 0 Å². The van der Waals surface area contributed by atoms with Crippen molar-refractivity contribution in [3.63, 3.8) is 0 Å². The molecule has 0 bridgehead atoms. The summed E-state index contributed by atoms with van der Waals surface area (Å²) in [6, 6.07) is 18.3. The van der Waals surface area contributed by atoms with E-state index in [0.29, 0.717) is 0 Å². The van der Waals surface area contributed by atoms with E-state index >= 15 is 0 Å². The van der Waals surface area contributed by atoms with Crippen LogP contribution in [-0.4, -0.2) is 5.11 Å². The average molecular weight is 211 g/mol. The number of aliphatic hydroxyl groups excluding tert-OH is 1. The summed E-state index contributed by atoms with van der Waals surface area (Å²) in [6.45, 7) is 0.110. The second-order valence-electron chi connectivity index (χ2n) is 3.80. The minimum atomic E-state index is 0.110. The Morgan fingerprint density at radius 3 is 2.38 bits per heavy atom. The maximum atomic E-state index is 9.04. The predicted molar refractivity (Wildman–Crippen MR) is 65.9 cm³/mol. The maximum absolute atomic E-state index is 9.04. The van der Waals surface area contributed by atoms with Gasteiger partial charge in [0.2, 0.25) is 0 Å². The van der Waals surface area contributed by atoms with E-state index in [1.165, 1.54) is 11.1 Å². The first kappa shape index (κ1) is 10.9. The van der Waals surface area contributed by atoms with E-state index < -0.39 is 0 Å². The zero-order valence-electron chi connectivity index (χ0n) is 9.13. The van der Waals surface area contributed by atoms with Crippen LogP contribution in [0.2, 0.25) is 0 Å². The van der Waals surface area contributed by atoms with Crippen molar-refractivity contribution in [2.45, 2.75) is 13.0 Å². The first-order chi connectivity index (χ1) is 7.88. The van der Waals surface area contributed by atoms with Gasteiger partial charge in [-0.2, -0.15) is 0 Å². The van der Waals surface area contributed by atoms with Gasteiger partial charge in [-0.3, -0.25) is 0 Å². The summed E-state index contributed by atoms with van der Waals surface area (Å²) in [5.74, 6) is 0. The van der Waals surface area contributed by atoms with Crippen molar-refractivity contribution in [1.82, 2.24) is 0 Å². The van der Waals surface area contributed by atoms with Crippen molar-refractivity contribution < 1.29 is 5.11 Å². The van der Waals surface area contributed by atoms with E-state index in [0.717, 1.165) is 12.0 Å². The third-order valence-corrected chi connectivity index (χ3v) is 2.55. The van der Waals surface area contributed by atoms with Crippen LogP contribution in [0.25, 0.3) is 0 Å². The van der Waals surface area contributed by atoms with E-state index in [2.05, 4.69) is 24.6 Å². The fourth-order valence-corrected chi connectivity index (χ4v) is 1.68. The average Bonchev–Trinajstić information content (AvgIpc) is 2.38. The van der Waals surface area contributed by atoms with Gasteiger partial charge in [0.25, 0.3) is 0 Å². The van der Waals surface area contributed by atoms with Gasteiger partial charge in [0.1, 0.15) is 0 Å². The number of rotatable bonds is 4. The number of hydrogen-bond acceptors (Lipinski definition) is 1. The third-order valence-electron chi connectivity index (χ3n) is 2.55. The fourth-order valence-electron chi connectivity index (χ4n) is 1.68. The number of aliphatic hydroxyl groups is 1. The maximum Gasteiger partial charge on any atom is 0.0681 e. The summed E-state index contributed by atoms with van der Waals surface area (Å²) in [7, 11) is 0. The van der Waals surface area contributed by atoms with E-state index in [4.69, 9.17) is 5.11 Å². The molecule has 16 heavy (non-hydrogen) atoms. The lowest BCUT2D eigenvalue weighted by Gasteiger charge is -2.03. The molecule has 1 heteroatoms. The zero-order chi connectivity index (χ0) is 11.2. The minimum absolute atomic E-state index is 0.110. The van der Waals surface area contributed by atoms with Crippen LogP contribution in [0.4, 0.5) is 0 Å². The second kappa shape index (κ2) is 5.47. The molecule has 2 aromatic carbocycles. The molecule has 0 fully saturated rings. The van der Waals surface area contributed by atoms with Crippen LogP contribution < -0.4 is 0 Å². The lowest BCUT2D eigenvalue weighted by atomic mass is 10.0. The SMILES string of the molecule is OCc1cccc(C[CH]c2ccccc2)c1. The molecule has 0 saturated carbocycles. The standard InChI is InChI=1S/C15H15O/c16-12-15-8-4-7-14(11-15)10-9-13-5-2-1-3-6-13/h1-9,11,16H,10,12H2. The molecule has 0 heterocycles. The summed E-state index contributed by atoms with van der Waals surface area (Å²) in [6.07, 6.45) is 3.09. The van der Waals surface area contributed by atoms with Crippen LogP contribution in [0.5, 0.6) is 0 Å². The first-order valence-corrected chi connectivity index (χ1v) is 5.45. The Morgan fingerprint density at radius 1 is 0.875 bits per heavy atom. The van der Waals surface area contributed by atoms with Gasteiger partial charge in [-0.1, -0.05) is 54.6 Å². The van der Waals surface area contributed by atoms with Crippen molar-refractivity contribution in [3.05, 3.63) is 77.7 Å². The Labute approximate surface area is 96.4 Å². The van der Waals surface area contributed by atoms with Crippen LogP contribution in [-0.2, 0) is 13.0 Å². The largest absolute Gasteiger partial charge is 0.392 e. The quantitative estimate of drug-likeness (QED) is 0.824. The van der Waals surface area contributed by atoms with Gasteiger partial charge in [0, 0.05) is 0 Å². The van der Waals surface area contributed by atoms with Crippen LogP contribution in [0.3, 0.4) is 0 Å². The first-order valence-electron chi connectivity index (χ1n) is 5.45. The van der Waals surface area contributed by atoms with Gasteiger partial charge in [-0.25, -0.2) is 0 Å². The Bertz CT molecular complexity index is 434. The zero-order valence-corrected chi connectivity index (χ0v) is 9.13. The molecule has 0 atom stereocenters. The van der Waals surface area contributed by atoms with E-state index in [-0.39, 0.29) is 6.61 Å². The third kappa shape index (κ3) is 2.94. The lowest BCUT2D eigenvalue weighted by molar-refractivity contribution is 0.281. The summed E-state index contributed by atoms with van der Waals surface area (Å²) in [5, 5.41) is 9.04. The van der Waals surface area contributed by atoms with E-state index in [9.17, 15) is 0 Å². The van der Waals surface area contributed by atoms with Crippen LogP contribution in [0.1, 0.15) is 16.7 Å². The Morgan fingerprint density at radius 2 is 1.62 bits per heavy atom. The van der Waals surface area contributed by atoms with Gasteiger partial charge in [-0.05, 0) is 29.5 Å². The molecule has 0 aromatic heterocycles. The van der Waals surface area contributed by atoms with Gasteiger partial charge >= 0.3 is 0 Å². The molecule has 1 radical (unpaired) electrons. The van der Waals surface area contributed by atoms with Gasteiger partial charge < -0.3 is 5.11 Å². The molecule has 1 nitrogen and oxygen atoms in total. The molecule has 0 spiro atoms.